The lowest BCUT2D eigenvalue weighted by Gasteiger charge is -2.35. The maximum atomic E-state index is 14.4. The second-order valence-electron chi connectivity index (χ2n) is 6.35. The van der Waals surface area contributed by atoms with Gasteiger partial charge in [0.25, 0.3) is 5.91 Å². The van der Waals surface area contributed by atoms with E-state index in [2.05, 4.69) is 15.4 Å². The molecule has 3 aromatic rings. The first-order valence-corrected chi connectivity index (χ1v) is 8.36. The molecule has 2 aromatic carbocycles. The fourth-order valence-electron chi connectivity index (χ4n) is 2.89. The molecule has 0 radical (unpaired) electrons. The highest BCUT2D eigenvalue weighted by atomic mass is 19.1. The molecular formula is C19H17F3N4O2. The molecule has 0 aliphatic carbocycles. The molecule has 0 saturated carbocycles. The minimum Gasteiger partial charge on any atom is -0.381 e. The number of amides is 1. The van der Waals surface area contributed by atoms with Gasteiger partial charge in [-0.3, -0.25) is 4.79 Å². The van der Waals surface area contributed by atoms with Gasteiger partial charge in [-0.2, -0.15) is 5.10 Å². The van der Waals surface area contributed by atoms with Gasteiger partial charge >= 0.3 is 0 Å². The molecule has 2 atom stereocenters. The molecule has 6 nitrogen and oxygen atoms in total. The van der Waals surface area contributed by atoms with Crippen LogP contribution in [0, 0.1) is 17.5 Å². The van der Waals surface area contributed by atoms with Crippen molar-refractivity contribution in [3.8, 4) is 0 Å². The minimum atomic E-state index is -1.99. The van der Waals surface area contributed by atoms with Crippen LogP contribution in [0.5, 0.6) is 0 Å². The van der Waals surface area contributed by atoms with Crippen LogP contribution >= 0.6 is 0 Å². The first-order chi connectivity index (χ1) is 13.3. The monoisotopic (exact) mass is 390 g/mol. The van der Waals surface area contributed by atoms with E-state index in [4.69, 9.17) is 0 Å². The largest absolute Gasteiger partial charge is 0.381 e. The highest BCUT2D eigenvalue weighted by Gasteiger charge is 2.40. The average molecular weight is 390 g/mol. The maximum Gasteiger partial charge on any atom is 0.251 e. The Kier molecular flexibility index (Phi) is 5.46. The summed E-state index contributed by atoms with van der Waals surface area (Å²) in [6.45, 7) is 1.19. The zero-order valence-corrected chi connectivity index (χ0v) is 14.8. The van der Waals surface area contributed by atoms with E-state index >= 15 is 0 Å². The van der Waals surface area contributed by atoms with Gasteiger partial charge in [-0.25, -0.2) is 22.8 Å². The number of rotatable bonds is 6. The fraction of sp³-hybridized carbons (Fsp3) is 0.211. The van der Waals surface area contributed by atoms with Crippen molar-refractivity contribution in [2.45, 2.75) is 25.1 Å². The number of hydrogen-bond acceptors (Lipinski definition) is 4. The molecule has 1 aromatic heterocycles. The number of nitrogens with zero attached hydrogens (tertiary/aromatic N) is 3. The summed E-state index contributed by atoms with van der Waals surface area (Å²) in [5, 5.41) is 17.7. The van der Waals surface area contributed by atoms with Gasteiger partial charge in [0.05, 0.1) is 12.6 Å². The number of halogens is 3. The van der Waals surface area contributed by atoms with E-state index in [1.165, 1.54) is 42.5 Å². The van der Waals surface area contributed by atoms with Crippen LogP contribution < -0.4 is 5.32 Å². The second kappa shape index (κ2) is 7.81. The smallest absolute Gasteiger partial charge is 0.251 e. The molecule has 0 spiro atoms. The number of carbonyl (C=O) groups excluding carboxylic acids is 1. The van der Waals surface area contributed by atoms with Crippen molar-refractivity contribution in [1.82, 2.24) is 20.1 Å². The summed E-state index contributed by atoms with van der Waals surface area (Å²) < 4.78 is 42.4. The highest BCUT2D eigenvalue weighted by molar-refractivity contribution is 5.94. The molecule has 1 amide bonds. The molecule has 146 valence electrons. The van der Waals surface area contributed by atoms with Crippen molar-refractivity contribution in [1.29, 1.82) is 0 Å². The van der Waals surface area contributed by atoms with Gasteiger partial charge < -0.3 is 10.4 Å². The number of aromatic nitrogens is 3. The molecule has 0 aliphatic rings. The third-order valence-electron chi connectivity index (χ3n) is 4.42. The molecular weight excluding hydrogens is 373 g/mol. The summed E-state index contributed by atoms with van der Waals surface area (Å²) in [6, 6.07) is 6.70. The number of aliphatic hydroxyl groups is 1. The Balaban J connectivity index is 1.94. The molecule has 0 saturated heterocycles. The summed E-state index contributed by atoms with van der Waals surface area (Å²) in [5.41, 5.74) is -2.18. The first kappa shape index (κ1) is 19.6. The van der Waals surface area contributed by atoms with Gasteiger partial charge in [0, 0.05) is 17.2 Å². The van der Waals surface area contributed by atoms with Crippen molar-refractivity contribution in [2.75, 3.05) is 0 Å². The summed E-state index contributed by atoms with van der Waals surface area (Å²) in [5.74, 6) is -3.04. The van der Waals surface area contributed by atoms with Crippen molar-refractivity contribution in [3.63, 3.8) is 0 Å². The average Bonchev–Trinajstić information content (AvgIpc) is 3.14. The predicted molar refractivity (Wildman–Crippen MR) is 93.6 cm³/mol. The maximum absolute atomic E-state index is 14.4. The predicted octanol–water partition coefficient (Wildman–Crippen LogP) is 2.40. The fourth-order valence-corrected chi connectivity index (χ4v) is 2.89. The van der Waals surface area contributed by atoms with Crippen molar-refractivity contribution in [2.24, 2.45) is 0 Å². The van der Waals surface area contributed by atoms with E-state index in [-0.39, 0.29) is 17.7 Å². The standard InChI is InChI=1S/C19H17F3N4O2/c1-12(25-18(27)13-3-2-4-14(20)7-13)19(28,9-26-11-23-10-24-26)16-6-5-15(21)8-17(16)22/h2-8,10-12,28H,9H2,1H3,(H,25,27)/t12-,19-/m1/s1. The Hall–Kier alpha value is -3.20. The van der Waals surface area contributed by atoms with Gasteiger partial charge in [0.1, 0.15) is 35.7 Å². The molecule has 1 heterocycles. The molecule has 9 heteroatoms. The second-order valence-corrected chi connectivity index (χ2v) is 6.35. The molecule has 0 fully saturated rings. The number of benzene rings is 2. The zero-order chi connectivity index (χ0) is 20.3. The number of hydrogen-bond donors (Lipinski definition) is 2. The first-order valence-electron chi connectivity index (χ1n) is 8.36. The molecule has 2 N–H and O–H groups in total. The zero-order valence-electron chi connectivity index (χ0n) is 14.8. The Morgan fingerprint density at radius 1 is 1.21 bits per heavy atom. The van der Waals surface area contributed by atoms with Crippen LogP contribution in [0.25, 0.3) is 0 Å². The quantitative estimate of drug-likeness (QED) is 0.678. The van der Waals surface area contributed by atoms with Crippen LogP contribution in [-0.2, 0) is 12.1 Å². The highest BCUT2D eigenvalue weighted by Crippen LogP contribution is 2.30. The van der Waals surface area contributed by atoms with E-state index in [9.17, 15) is 23.1 Å². The van der Waals surface area contributed by atoms with Gasteiger partial charge in [-0.15, -0.1) is 0 Å². The lowest BCUT2D eigenvalue weighted by Crippen LogP contribution is -2.51. The summed E-state index contributed by atoms with van der Waals surface area (Å²) in [6.07, 6.45) is 2.55. The Morgan fingerprint density at radius 2 is 1.96 bits per heavy atom. The Labute approximate surface area is 158 Å². The molecule has 0 bridgehead atoms. The van der Waals surface area contributed by atoms with Crippen LogP contribution in [0.1, 0.15) is 22.8 Å². The molecule has 3 rings (SSSR count). The summed E-state index contributed by atoms with van der Waals surface area (Å²) >= 11 is 0. The molecule has 0 unspecified atom stereocenters. The van der Waals surface area contributed by atoms with Crippen molar-refractivity contribution < 1.29 is 23.1 Å². The van der Waals surface area contributed by atoms with Gasteiger partial charge in [0.15, 0.2) is 0 Å². The Bertz CT molecular complexity index is 981. The number of nitrogens with one attached hydrogen (secondary N) is 1. The van der Waals surface area contributed by atoms with Crippen molar-refractivity contribution in [3.05, 3.63) is 83.7 Å². The summed E-state index contributed by atoms with van der Waals surface area (Å²) in [4.78, 5) is 16.2. The van der Waals surface area contributed by atoms with E-state index in [0.717, 1.165) is 18.2 Å². The molecule has 28 heavy (non-hydrogen) atoms. The van der Waals surface area contributed by atoms with Crippen LogP contribution in [0.15, 0.2) is 55.1 Å². The third-order valence-corrected chi connectivity index (χ3v) is 4.42. The summed E-state index contributed by atoms with van der Waals surface area (Å²) in [7, 11) is 0. The Morgan fingerprint density at radius 3 is 2.61 bits per heavy atom. The lowest BCUT2D eigenvalue weighted by molar-refractivity contribution is -0.0186. The SMILES string of the molecule is C[C@@H](NC(=O)c1cccc(F)c1)[C@](O)(Cn1cncn1)c1ccc(F)cc1F. The van der Waals surface area contributed by atoms with Crippen LogP contribution in [0.2, 0.25) is 0 Å². The van der Waals surface area contributed by atoms with Gasteiger partial charge in [0.2, 0.25) is 0 Å². The van der Waals surface area contributed by atoms with Crippen LogP contribution in [-0.4, -0.2) is 31.8 Å². The van der Waals surface area contributed by atoms with Gasteiger partial charge in [-0.05, 0) is 31.2 Å². The van der Waals surface area contributed by atoms with Crippen LogP contribution in [0.3, 0.4) is 0 Å². The molecule has 0 aliphatic heterocycles. The number of carbonyl (C=O) groups is 1. The lowest BCUT2D eigenvalue weighted by atomic mass is 9.86. The van der Waals surface area contributed by atoms with E-state index in [1.54, 1.807) is 0 Å². The van der Waals surface area contributed by atoms with E-state index in [1.807, 2.05) is 0 Å². The van der Waals surface area contributed by atoms with Gasteiger partial charge in [-0.1, -0.05) is 12.1 Å². The third kappa shape index (κ3) is 4.04. The van der Waals surface area contributed by atoms with Crippen molar-refractivity contribution >= 4 is 5.91 Å². The van der Waals surface area contributed by atoms with Crippen LogP contribution in [0.4, 0.5) is 13.2 Å². The van der Waals surface area contributed by atoms with E-state index in [0.29, 0.717) is 6.07 Å². The normalized spacial score (nSPS) is 14.3. The van der Waals surface area contributed by atoms with E-state index < -0.39 is 35.0 Å². The minimum absolute atomic E-state index is 0.0366. The topological polar surface area (TPSA) is 80.0 Å².